The maximum atomic E-state index is 13.6. The van der Waals surface area contributed by atoms with Crippen molar-refractivity contribution in [3.05, 3.63) is 23.8 Å². The SMILES string of the molecule is CCC(=O)OC[C@]12CC[C@H]3[C@@H](CCC4=CCC=C[C@@]43C)[C@@H]1CC[C@@H]2C(=O)SC1CCOC1=O. The van der Waals surface area contributed by atoms with E-state index in [9.17, 15) is 14.4 Å². The lowest BCUT2D eigenvalue weighted by Gasteiger charge is -2.57. The molecule has 7 atom stereocenters. The molecule has 0 bridgehead atoms. The third kappa shape index (κ3) is 3.81. The van der Waals surface area contributed by atoms with Crippen molar-refractivity contribution >= 4 is 28.8 Å². The summed E-state index contributed by atoms with van der Waals surface area (Å²) < 4.78 is 10.9. The molecule has 1 aliphatic heterocycles. The van der Waals surface area contributed by atoms with Crippen LogP contribution < -0.4 is 0 Å². The van der Waals surface area contributed by atoms with Gasteiger partial charge in [-0.05, 0) is 62.7 Å². The lowest BCUT2D eigenvalue weighted by atomic mass is 9.47. The lowest BCUT2D eigenvalue weighted by Crippen LogP contribution is -2.53. The molecule has 1 unspecified atom stereocenters. The molecular formula is C27H36O5S. The maximum absolute atomic E-state index is 13.6. The average molecular weight is 473 g/mol. The molecule has 0 spiro atoms. The summed E-state index contributed by atoms with van der Waals surface area (Å²) >= 11 is 1.18. The number of allylic oxidation sites excluding steroid dienone is 4. The summed E-state index contributed by atoms with van der Waals surface area (Å²) in [5.74, 6) is 0.912. The zero-order chi connectivity index (χ0) is 23.2. The molecule has 33 heavy (non-hydrogen) atoms. The molecule has 0 aromatic heterocycles. The van der Waals surface area contributed by atoms with E-state index < -0.39 is 0 Å². The van der Waals surface area contributed by atoms with E-state index in [0.717, 1.165) is 44.9 Å². The molecule has 0 N–H and O–H groups in total. The lowest BCUT2D eigenvalue weighted by molar-refractivity contribution is -0.156. The molecule has 0 aromatic carbocycles. The summed E-state index contributed by atoms with van der Waals surface area (Å²) in [6, 6.07) is 0. The number of esters is 2. The van der Waals surface area contributed by atoms with Gasteiger partial charge in [0.2, 0.25) is 0 Å². The van der Waals surface area contributed by atoms with E-state index in [1.165, 1.54) is 11.8 Å². The number of hydrogen-bond donors (Lipinski definition) is 0. The predicted octanol–water partition coefficient (Wildman–Crippen LogP) is 5.24. The first-order valence-electron chi connectivity index (χ1n) is 12.8. The van der Waals surface area contributed by atoms with Crippen LogP contribution in [0.15, 0.2) is 23.8 Å². The highest BCUT2D eigenvalue weighted by Crippen LogP contribution is 2.66. The first-order valence-corrected chi connectivity index (χ1v) is 13.7. The van der Waals surface area contributed by atoms with Gasteiger partial charge in [0.15, 0.2) is 5.12 Å². The van der Waals surface area contributed by atoms with Crippen LogP contribution in [0.1, 0.15) is 71.6 Å². The summed E-state index contributed by atoms with van der Waals surface area (Å²) in [7, 11) is 0. The highest BCUT2D eigenvalue weighted by molar-refractivity contribution is 8.14. The Balaban J connectivity index is 1.42. The van der Waals surface area contributed by atoms with E-state index >= 15 is 0 Å². The maximum Gasteiger partial charge on any atom is 0.319 e. The summed E-state index contributed by atoms with van der Waals surface area (Å²) in [6.07, 6.45) is 15.3. The van der Waals surface area contributed by atoms with Crippen molar-refractivity contribution in [2.75, 3.05) is 13.2 Å². The van der Waals surface area contributed by atoms with Crippen molar-refractivity contribution < 1.29 is 23.9 Å². The zero-order valence-corrected chi connectivity index (χ0v) is 20.7. The molecule has 0 amide bonds. The predicted molar refractivity (Wildman–Crippen MR) is 127 cm³/mol. The van der Waals surface area contributed by atoms with Gasteiger partial charge >= 0.3 is 11.9 Å². The van der Waals surface area contributed by atoms with Gasteiger partial charge in [-0.3, -0.25) is 14.4 Å². The number of thioether (sulfide) groups is 1. The number of carbonyl (C=O) groups is 3. The van der Waals surface area contributed by atoms with Gasteiger partial charge in [0.25, 0.3) is 0 Å². The van der Waals surface area contributed by atoms with Gasteiger partial charge in [-0.25, -0.2) is 0 Å². The summed E-state index contributed by atoms with van der Waals surface area (Å²) in [5, 5.41) is -0.274. The monoisotopic (exact) mass is 472 g/mol. The summed E-state index contributed by atoms with van der Waals surface area (Å²) in [5.41, 5.74) is 1.42. The number of cyclic esters (lactones) is 1. The Kier molecular flexibility index (Phi) is 6.26. The normalized spacial score (nSPS) is 41.5. The standard InChI is InChI=1S/C27H36O5S/c1-3-23(28)32-16-27-14-11-19-18(8-7-17-6-4-5-13-26(17,19)2)20(27)9-10-21(27)25(30)33-22-12-15-31-24(22)29/h5-6,13,18-22H,3-4,7-12,14-16H2,1-2H3/t18-,19+,20+,21-,22?,26+,27-/m1/s1. The van der Waals surface area contributed by atoms with Crippen LogP contribution >= 0.6 is 11.8 Å². The third-order valence-corrected chi connectivity index (χ3v) is 10.8. The molecule has 3 saturated carbocycles. The second kappa shape index (κ2) is 8.90. The number of hydrogen-bond acceptors (Lipinski definition) is 6. The van der Waals surface area contributed by atoms with Crippen LogP contribution in [0.4, 0.5) is 0 Å². The minimum Gasteiger partial charge on any atom is -0.465 e. The average Bonchev–Trinajstić information content (AvgIpc) is 3.40. The van der Waals surface area contributed by atoms with Gasteiger partial charge in [0.1, 0.15) is 5.25 Å². The molecule has 5 aliphatic rings. The number of carbonyl (C=O) groups excluding carboxylic acids is 3. The molecule has 180 valence electrons. The minimum atomic E-state index is -0.378. The Hall–Kier alpha value is -1.56. The smallest absolute Gasteiger partial charge is 0.319 e. The van der Waals surface area contributed by atoms with Crippen molar-refractivity contribution in [2.45, 2.75) is 76.9 Å². The Bertz CT molecular complexity index is 893. The largest absolute Gasteiger partial charge is 0.465 e. The fourth-order valence-electron chi connectivity index (χ4n) is 7.91. The van der Waals surface area contributed by atoms with Gasteiger partial charge in [0.05, 0.1) is 13.2 Å². The minimum absolute atomic E-state index is 0.104. The van der Waals surface area contributed by atoms with Crippen LogP contribution in [0.25, 0.3) is 0 Å². The fourth-order valence-corrected chi connectivity index (χ4v) is 9.08. The van der Waals surface area contributed by atoms with Crippen molar-refractivity contribution in [3.8, 4) is 0 Å². The Morgan fingerprint density at radius 3 is 2.79 bits per heavy atom. The van der Waals surface area contributed by atoms with Crippen LogP contribution in [0, 0.1) is 34.5 Å². The Morgan fingerprint density at radius 1 is 1.18 bits per heavy atom. The molecular weight excluding hydrogens is 436 g/mol. The zero-order valence-electron chi connectivity index (χ0n) is 19.8. The highest BCUT2D eigenvalue weighted by atomic mass is 32.2. The second-order valence-electron chi connectivity index (χ2n) is 10.9. The van der Waals surface area contributed by atoms with Gasteiger partial charge in [0, 0.05) is 29.6 Å². The highest BCUT2D eigenvalue weighted by Gasteiger charge is 2.62. The van der Waals surface area contributed by atoms with E-state index in [0.29, 0.717) is 43.8 Å². The van der Waals surface area contributed by atoms with Crippen molar-refractivity contribution in [1.82, 2.24) is 0 Å². The van der Waals surface area contributed by atoms with E-state index in [4.69, 9.17) is 9.47 Å². The van der Waals surface area contributed by atoms with E-state index in [-0.39, 0.29) is 39.1 Å². The number of fused-ring (bicyclic) bond motifs is 5. The quantitative estimate of drug-likeness (QED) is 0.403. The Labute approximate surface area is 201 Å². The van der Waals surface area contributed by atoms with Crippen molar-refractivity contribution in [3.63, 3.8) is 0 Å². The van der Waals surface area contributed by atoms with Gasteiger partial charge in [-0.15, -0.1) is 0 Å². The van der Waals surface area contributed by atoms with E-state index in [1.54, 1.807) is 5.57 Å². The van der Waals surface area contributed by atoms with E-state index in [1.807, 2.05) is 6.92 Å². The molecule has 6 heteroatoms. The molecule has 5 nitrogen and oxygen atoms in total. The summed E-state index contributed by atoms with van der Waals surface area (Å²) in [4.78, 5) is 37.8. The first kappa shape index (κ1) is 23.2. The molecule has 1 saturated heterocycles. The van der Waals surface area contributed by atoms with Gasteiger partial charge in [-0.1, -0.05) is 49.4 Å². The van der Waals surface area contributed by atoms with Crippen LogP contribution in [0.2, 0.25) is 0 Å². The van der Waals surface area contributed by atoms with Crippen molar-refractivity contribution in [1.29, 1.82) is 0 Å². The van der Waals surface area contributed by atoms with Crippen molar-refractivity contribution in [2.24, 2.45) is 34.5 Å². The van der Waals surface area contributed by atoms with Crippen LogP contribution in [0.5, 0.6) is 0 Å². The fraction of sp³-hybridized carbons (Fsp3) is 0.741. The number of rotatable bonds is 5. The topological polar surface area (TPSA) is 69.7 Å². The van der Waals surface area contributed by atoms with Crippen LogP contribution in [-0.2, 0) is 23.9 Å². The third-order valence-electron chi connectivity index (χ3n) is 9.55. The molecule has 0 radical (unpaired) electrons. The van der Waals surface area contributed by atoms with Gasteiger partial charge < -0.3 is 9.47 Å². The van der Waals surface area contributed by atoms with Crippen LogP contribution in [0.3, 0.4) is 0 Å². The first-order chi connectivity index (χ1) is 15.9. The molecule has 5 rings (SSSR count). The second-order valence-corrected chi connectivity index (χ2v) is 12.1. The molecule has 4 aliphatic carbocycles. The molecule has 1 heterocycles. The van der Waals surface area contributed by atoms with Gasteiger partial charge in [-0.2, -0.15) is 0 Å². The molecule has 4 fully saturated rings. The number of ether oxygens (including phenoxy) is 2. The van der Waals surface area contributed by atoms with E-state index in [2.05, 4.69) is 25.2 Å². The molecule has 0 aromatic rings. The Morgan fingerprint density at radius 2 is 2.03 bits per heavy atom. The van der Waals surface area contributed by atoms with Crippen LogP contribution in [-0.4, -0.2) is 35.5 Å². The summed E-state index contributed by atoms with van der Waals surface area (Å²) in [6.45, 7) is 4.98.